The molecular formula is C21H20N6O4S. The number of hydrogen-bond acceptors (Lipinski definition) is 8. The standard InChI is InChI=1S/C21H20N6O4S/c1-14-11-19(25-16-5-3-15(12-22)4-6-16)26-21(24-14)27-20(28)13-23-32(29,30)18-9-7-17(31-2)8-10-18/h3-11,23H,13H2,1-2H3,(H2,24,25,26,27,28). The van der Waals surface area contributed by atoms with Crippen LogP contribution in [0.5, 0.6) is 5.75 Å². The molecule has 11 heteroatoms. The van der Waals surface area contributed by atoms with Crippen LogP contribution in [0.1, 0.15) is 11.3 Å². The highest BCUT2D eigenvalue weighted by Gasteiger charge is 2.16. The second-order valence-electron chi connectivity index (χ2n) is 6.58. The molecule has 0 aliphatic heterocycles. The number of carbonyl (C=O) groups is 1. The van der Waals surface area contributed by atoms with Crippen molar-refractivity contribution >= 4 is 33.4 Å². The van der Waals surface area contributed by atoms with Gasteiger partial charge in [-0.05, 0) is 55.5 Å². The third kappa shape index (κ3) is 6.00. The SMILES string of the molecule is COc1ccc(S(=O)(=O)NCC(=O)Nc2nc(C)cc(Nc3ccc(C#N)cc3)n2)cc1. The van der Waals surface area contributed by atoms with Gasteiger partial charge in [0.05, 0.1) is 30.2 Å². The van der Waals surface area contributed by atoms with Crippen LogP contribution in [0.4, 0.5) is 17.5 Å². The second-order valence-corrected chi connectivity index (χ2v) is 8.35. The average molecular weight is 452 g/mol. The number of ether oxygens (including phenoxy) is 1. The quantitative estimate of drug-likeness (QED) is 0.472. The number of anilines is 3. The number of methoxy groups -OCH3 is 1. The summed E-state index contributed by atoms with van der Waals surface area (Å²) in [6.07, 6.45) is 0. The minimum absolute atomic E-state index is 0.00630. The van der Waals surface area contributed by atoms with Crippen LogP contribution in [-0.2, 0) is 14.8 Å². The molecule has 1 amide bonds. The number of carbonyl (C=O) groups excluding carboxylic acids is 1. The van der Waals surface area contributed by atoms with Crippen molar-refractivity contribution in [1.29, 1.82) is 5.26 Å². The third-order valence-corrected chi connectivity index (χ3v) is 5.60. The van der Waals surface area contributed by atoms with Gasteiger partial charge in [0.15, 0.2) is 0 Å². The molecule has 1 aromatic heterocycles. The maximum Gasteiger partial charge on any atom is 0.241 e. The lowest BCUT2D eigenvalue weighted by Crippen LogP contribution is -2.33. The number of nitrogens with zero attached hydrogens (tertiary/aromatic N) is 3. The molecule has 1 heterocycles. The van der Waals surface area contributed by atoms with Gasteiger partial charge in [0, 0.05) is 17.4 Å². The van der Waals surface area contributed by atoms with E-state index in [9.17, 15) is 13.2 Å². The number of aryl methyl sites for hydroxylation is 1. The van der Waals surface area contributed by atoms with Gasteiger partial charge in [-0.2, -0.15) is 10.2 Å². The Hall–Kier alpha value is -4.01. The van der Waals surface area contributed by atoms with Crippen molar-refractivity contribution in [2.45, 2.75) is 11.8 Å². The molecule has 2 aromatic carbocycles. The fourth-order valence-electron chi connectivity index (χ4n) is 2.63. The van der Waals surface area contributed by atoms with Crippen LogP contribution in [0.15, 0.2) is 59.5 Å². The van der Waals surface area contributed by atoms with Gasteiger partial charge in [0.1, 0.15) is 11.6 Å². The fraction of sp³-hybridized carbons (Fsp3) is 0.143. The summed E-state index contributed by atoms with van der Waals surface area (Å²) in [5.41, 5.74) is 1.82. The molecule has 3 rings (SSSR count). The third-order valence-electron chi connectivity index (χ3n) is 4.18. The predicted molar refractivity (Wildman–Crippen MR) is 118 cm³/mol. The van der Waals surface area contributed by atoms with Crippen molar-refractivity contribution < 1.29 is 17.9 Å². The van der Waals surface area contributed by atoms with Crippen LogP contribution in [-0.4, -0.2) is 37.9 Å². The van der Waals surface area contributed by atoms with Gasteiger partial charge < -0.3 is 10.1 Å². The fourth-order valence-corrected chi connectivity index (χ4v) is 3.61. The number of hydrogen-bond donors (Lipinski definition) is 3. The molecular weight excluding hydrogens is 432 g/mol. The van der Waals surface area contributed by atoms with Gasteiger partial charge in [-0.25, -0.2) is 18.1 Å². The number of nitriles is 1. The van der Waals surface area contributed by atoms with E-state index in [2.05, 4.69) is 25.3 Å². The largest absolute Gasteiger partial charge is 0.497 e. The zero-order chi connectivity index (χ0) is 23.1. The molecule has 0 unspecified atom stereocenters. The van der Waals surface area contributed by atoms with Gasteiger partial charge in [-0.15, -0.1) is 0 Å². The van der Waals surface area contributed by atoms with Gasteiger partial charge in [0.2, 0.25) is 21.9 Å². The Morgan fingerprint density at radius 1 is 1.09 bits per heavy atom. The van der Waals surface area contributed by atoms with E-state index in [-0.39, 0.29) is 10.8 Å². The predicted octanol–water partition coefficient (Wildman–Crippen LogP) is 2.33. The molecule has 32 heavy (non-hydrogen) atoms. The van der Waals surface area contributed by atoms with Crippen molar-refractivity contribution in [3.63, 3.8) is 0 Å². The molecule has 3 aromatic rings. The van der Waals surface area contributed by atoms with E-state index < -0.39 is 22.5 Å². The molecule has 0 atom stereocenters. The van der Waals surface area contributed by atoms with Crippen LogP contribution in [0.25, 0.3) is 0 Å². The molecule has 0 radical (unpaired) electrons. The van der Waals surface area contributed by atoms with Crippen LogP contribution in [0.2, 0.25) is 0 Å². The molecule has 164 valence electrons. The Morgan fingerprint density at radius 2 is 1.78 bits per heavy atom. The molecule has 10 nitrogen and oxygen atoms in total. The Kier molecular flexibility index (Phi) is 6.99. The zero-order valence-corrected chi connectivity index (χ0v) is 18.1. The van der Waals surface area contributed by atoms with E-state index >= 15 is 0 Å². The maximum absolute atomic E-state index is 12.4. The number of sulfonamides is 1. The molecule has 0 saturated heterocycles. The van der Waals surface area contributed by atoms with E-state index in [1.54, 1.807) is 37.3 Å². The Morgan fingerprint density at radius 3 is 2.41 bits per heavy atom. The van der Waals surface area contributed by atoms with Crippen LogP contribution in [0, 0.1) is 18.3 Å². The van der Waals surface area contributed by atoms with E-state index in [4.69, 9.17) is 10.00 Å². The highest BCUT2D eigenvalue weighted by atomic mass is 32.2. The molecule has 0 spiro atoms. The lowest BCUT2D eigenvalue weighted by molar-refractivity contribution is -0.115. The molecule has 0 aliphatic carbocycles. The van der Waals surface area contributed by atoms with Crippen LogP contribution >= 0.6 is 0 Å². The summed E-state index contributed by atoms with van der Waals surface area (Å²) in [5, 5.41) is 14.4. The summed E-state index contributed by atoms with van der Waals surface area (Å²) in [6, 6.07) is 16.3. The lowest BCUT2D eigenvalue weighted by Gasteiger charge is -2.10. The molecule has 3 N–H and O–H groups in total. The minimum Gasteiger partial charge on any atom is -0.497 e. The highest BCUT2D eigenvalue weighted by molar-refractivity contribution is 7.89. The second kappa shape index (κ2) is 9.86. The number of amides is 1. The topological polar surface area (TPSA) is 146 Å². The number of rotatable bonds is 8. The summed E-state index contributed by atoms with van der Waals surface area (Å²) in [7, 11) is -2.40. The Bertz CT molecular complexity index is 1250. The average Bonchev–Trinajstić information content (AvgIpc) is 2.78. The minimum atomic E-state index is -3.88. The number of aromatic nitrogens is 2. The van der Waals surface area contributed by atoms with Gasteiger partial charge >= 0.3 is 0 Å². The first-order valence-electron chi connectivity index (χ1n) is 9.35. The summed E-state index contributed by atoms with van der Waals surface area (Å²) in [4.78, 5) is 20.6. The lowest BCUT2D eigenvalue weighted by atomic mass is 10.2. The zero-order valence-electron chi connectivity index (χ0n) is 17.3. The highest BCUT2D eigenvalue weighted by Crippen LogP contribution is 2.18. The molecule has 0 bridgehead atoms. The summed E-state index contributed by atoms with van der Waals surface area (Å²) in [5.74, 6) is 0.340. The van der Waals surface area contributed by atoms with Gasteiger partial charge in [-0.1, -0.05) is 0 Å². The maximum atomic E-state index is 12.4. The van der Waals surface area contributed by atoms with Crippen LogP contribution < -0.4 is 20.1 Å². The van der Waals surface area contributed by atoms with E-state index in [0.29, 0.717) is 28.5 Å². The van der Waals surface area contributed by atoms with Crippen molar-refractivity contribution in [2.75, 3.05) is 24.3 Å². The van der Waals surface area contributed by atoms with E-state index in [1.807, 2.05) is 6.07 Å². The molecule has 0 saturated carbocycles. The van der Waals surface area contributed by atoms with Gasteiger partial charge in [0.25, 0.3) is 0 Å². The van der Waals surface area contributed by atoms with E-state index in [0.717, 1.165) is 0 Å². The smallest absolute Gasteiger partial charge is 0.241 e. The van der Waals surface area contributed by atoms with Gasteiger partial charge in [-0.3, -0.25) is 10.1 Å². The van der Waals surface area contributed by atoms with E-state index in [1.165, 1.54) is 31.4 Å². The first-order valence-corrected chi connectivity index (χ1v) is 10.8. The number of benzene rings is 2. The van der Waals surface area contributed by atoms with Crippen molar-refractivity contribution in [3.8, 4) is 11.8 Å². The summed E-state index contributed by atoms with van der Waals surface area (Å²) >= 11 is 0. The molecule has 0 fully saturated rings. The van der Waals surface area contributed by atoms with Crippen LogP contribution in [0.3, 0.4) is 0 Å². The monoisotopic (exact) mass is 452 g/mol. The Balaban J connectivity index is 1.63. The first-order chi connectivity index (χ1) is 15.3. The normalized spacial score (nSPS) is 10.8. The molecule has 0 aliphatic rings. The van der Waals surface area contributed by atoms with Crippen molar-refractivity contribution in [1.82, 2.24) is 14.7 Å². The Labute approximate surface area is 185 Å². The summed E-state index contributed by atoms with van der Waals surface area (Å²) < 4.78 is 31.9. The summed E-state index contributed by atoms with van der Waals surface area (Å²) in [6.45, 7) is 1.23. The first kappa shape index (κ1) is 22.7. The van der Waals surface area contributed by atoms with Crippen molar-refractivity contribution in [2.24, 2.45) is 0 Å². The number of nitrogens with one attached hydrogen (secondary N) is 3. The van der Waals surface area contributed by atoms with Crippen molar-refractivity contribution in [3.05, 3.63) is 65.9 Å².